The first-order valence-electron chi connectivity index (χ1n) is 7.22. The number of rotatable bonds is 7. The molecule has 21 heavy (non-hydrogen) atoms. The second-order valence-electron chi connectivity index (χ2n) is 5.19. The Morgan fingerprint density at radius 2 is 2.19 bits per heavy atom. The quantitative estimate of drug-likeness (QED) is 0.850. The van der Waals surface area contributed by atoms with E-state index in [0.29, 0.717) is 31.5 Å². The van der Waals surface area contributed by atoms with Crippen LogP contribution >= 0.6 is 0 Å². The van der Waals surface area contributed by atoms with Crippen molar-refractivity contribution in [2.45, 2.75) is 31.8 Å². The fourth-order valence-corrected chi connectivity index (χ4v) is 2.07. The standard InChI is InChI=1S/C16H18FN3O/c17-13-9-12(10-19-15-4-5-15)16(20-11-13)21-8-6-14-3-1-2-7-18-14/h1-3,7,9,11,15,19H,4-6,8,10H2. The molecule has 0 aliphatic heterocycles. The first kappa shape index (κ1) is 13.9. The molecule has 5 heteroatoms. The van der Waals surface area contributed by atoms with Gasteiger partial charge in [-0.15, -0.1) is 0 Å². The average molecular weight is 287 g/mol. The van der Waals surface area contributed by atoms with Crippen molar-refractivity contribution >= 4 is 0 Å². The van der Waals surface area contributed by atoms with Gasteiger partial charge in [0.05, 0.1) is 12.8 Å². The van der Waals surface area contributed by atoms with Crippen LogP contribution in [0, 0.1) is 5.82 Å². The van der Waals surface area contributed by atoms with Crippen molar-refractivity contribution < 1.29 is 9.13 Å². The molecule has 1 aliphatic carbocycles. The van der Waals surface area contributed by atoms with E-state index >= 15 is 0 Å². The van der Waals surface area contributed by atoms with E-state index in [0.717, 1.165) is 11.3 Å². The maximum Gasteiger partial charge on any atom is 0.218 e. The minimum atomic E-state index is -0.334. The zero-order chi connectivity index (χ0) is 14.5. The topological polar surface area (TPSA) is 47.0 Å². The van der Waals surface area contributed by atoms with Crippen LogP contribution < -0.4 is 10.1 Å². The van der Waals surface area contributed by atoms with Gasteiger partial charge < -0.3 is 10.1 Å². The molecular weight excluding hydrogens is 269 g/mol. The van der Waals surface area contributed by atoms with E-state index in [9.17, 15) is 4.39 Å². The summed E-state index contributed by atoms with van der Waals surface area (Å²) in [4.78, 5) is 8.29. The third-order valence-electron chi connectivity index (χ3n) is 3.37. The van der Waals surface area contributed by atoms with Crippen molar-refractivity contribution in [2.24, 2.45) is 0 Å². The van der Waals surface area contributed by atoms with Crippen molar-refractivity contribution in [1.29, 1.82) is 0 Å². The maximum absolute atomic E-state index is 13.3. The number of halogens is 1. The van der Waals surface area contributed by atoms with Crippen LogP contribution in [0.15, 0.2) is 36.7 Å². The van der Waals surface area contributed by atoms with E-state index in [4.69, 9.17) is 4.74 Å². The van der Waals surface area contributed by atoms with Gasteiger partial charge in [-0.1, -0.05) is 6.07 Å². The average Bonchev–Trinajstić information content (AvgIpc) is 3.32. The molecule has 0 saturated heterocycles. The molecule has 3 rings (SSSR count). The van der Waals surface area contributed by atoms with Crippen molar-refractivity contribution in [2.75, 3.05) is 6.61 Å². The van der Waals surface area contributed by atoms with Gasteiger partial charge >= 0.3 is 0 Å². The lowest BCUT2D eigenvalue weighted by atomic mass is 10.2. The second-order valence-corrected chi connectivity index (χ2v) is 5.19. The number of nitrogens with one attached hydrogen (secondary N) is 1. The predicted molar refractivity (Wildman–Crippen MR) is 77.5 cm³/mol. The highest BCUT2D eigenvalue weighted by Gasteiger charge is 2.21. The number of aromatic nitrogens is 2. The van der Waals surface area contributed by atoms with Crippen LogP contribution in [0.4, 0.5) is 4.39 Å². The molecule has 0 unspecified atom stereocenters. The summed E-state index contributed by atoms with van der Waals surface area (Å²) in [7, 11) is 0. The molecule has 0 radical (unpaired) electrons. The van der Waals surface area contributed by atoms with E-state index < -0.39 is 0 Å². The Kier molecular flexibility index (Phi) is 4.40. The molecule has 0 amide bonds. The smallest absolute Gasteiger partial charge is 0.218 e. The molecule has 1 fully saturated rings. The third kappa shape index (κ3) is 4.23. The summed E-state index contributed by atoms with van der Waals surface area (Å²) in [5.74, 6) is 0.167. The minimum absolute atomic E-state index is 0.334. The molecule has 4 nitrogen and oxygen atoms in total. The molecule has 1 N–H and O–H groups in total. The van der Waals surface area contributed by atoms with Gasteiger partial charge in [0, 0.05) is 36.5 Å². The van der Waals surface area contributed by atoms with Gasteiger partial charge in [-0.2, -0.15) is 0 Å². The number of pyridine rings is 2. The van der Waals surface area contributed by atoms with Crippen LogP contribution in [0.1, 0.15) is 24.1 Å². The summed E-state index contributed by atoms with van der Waals surface area (Å²) in [6, 6.07) is 7.83. The maximum atomic E-state index is 13.3. The minimum Gasteiger partial charge on any atom is -0.477 e. The molecule has 110 valence electrons. The van der Waals surface area contributed by atoms with Gasteiger partial charge in [-0.05, 0) is 31.0 Å². The highest BCUT2D eigenvalue weighted by Crippen LogP contribution is 2.22. The van der Waals surface area contributed by atoms with Gasteiger partial charge in [0.25, 0.3) is 0 Å². The fraction of sp³-hybridized carbons (Fsp3) is 0.375. The molecule has 1 aliphatic rings. The van der Waals surface area contributed by atoms with Gasteiger partial charge in [0.1, 0.15) is 5.82 Å². The number of ether oxygens (including phenoxy) is 1. The Labute approximate surface area is 123 Å². The van der Waals surface area contributed by atoms with Crippen molar-refractivity contribution in [1.82, 2.24) is 15.3 Å². The zero-order valence-corrected chi connectivity index (χ0v) is 11.8. The Balaban J connectivity index is 1.58. The summed E-state index contributed by atoms with van der Waals surface area (Å²) in [6.45, 7) is 1.07. The largest absolute Gasteiger partial charge is 0.477 e. The van der Waals surface area contributed by atoms with Gasteiger partial charge in [-0.25, -0.2) is 9.37 Å². The van der Waals surface area contributed by atoms with Crippen molar-refractivity contribution in [3.63, 3.8) is 0 Å². The summed E-state index contributed by atoms with van der Waals surface area (Å²) in [5, 5.41) is 3.35. The molecule has 0 spiro atoms. The first-order chi connectivity index (χ1) is 10.3. The second kappa shape index (κ2) is 6.63. The molecule has 2 aromatic heterocycles. The van der Waals surface area contributed by atoms with Crippen molar-refractivity contribution in [3.8, 4) is 5.88 Å². The van der Waals surface area contributed by atoms with Gasteiger partial charge in [0.2, 0.25) is 5.88 Å². The van der Waals surface area contributed by atoms with Gasteiger partial charge in [-0.3, -0.25) is 4.98 Å². The molecular formula is C16H18FN3O. The lowest BCUT2D eigenvalue weighted by molar-refractivity contribution is 0.302. The van der Waals surface area contributed by atoms with Gasteiger partial charge in [0.15, 0.2) is 0 Å². The van der Waals surface area contributed by atoms with E-state index in [1.54, 1.807) is 6.20 Å². The van der Waals surface area contributed by atoms with E-state index in [-0.39, 0.29) is 5.82 Å². The van der Waals surface area contributed by atoms with Crippen LogP contribution in [-0.4, -0.2) is 22.6 Å². The van der Waals surface area contributed by atoms with Crippen molar-refractivity contribution in [3.05, 3.63) is 53.7 Å². The predicted octanol–water partition coefficient (Wildman–Crippen LogP) is 2.49. The van der Waals surface area contributed by atoms with Crippen LogP contribution in [0.5, 0.6) is 5.88 Å². The number of hydrogen-bond acceptors (Lipinski definition) is 4. The first-order valence-corrected chi connectivity index (χ1v) is 7.22. The summed E-state index contributed by atoms with van der Waals surface area (Å²) >= 11 is 0. The zero-order valence-electron chi connectivity index (χ0n) is 11.8. The van der Waals surface area contributed by atoms with Crippen LogP contribution in [0.25, 0.3) is 0 Å². The molecule has 1 saturated carbocycles. The molecule has 0 aromatic carbocycles. The van der Waals surface area contributed by atoms with E-state index in [2.05, 4.69) is 15.3 Å². The lowest BCUT2D eigenvalue weighted by Crippen LogP contribution is -2.17. The molecule has 2 aromatic rings. The Hall–Kier alpha value is -2.01. The highest BCUT2D eigenvalue weighted by atomic mass is 19.1. The summed E-state index contributed by atoms with van der Waals surface area (Å²) in [6.07, 6.45) is 6.04. The summed E-state index contributed by atoms with van der Waals surface area (Å²) < 4.78 is 19.0. The Bertz CT molecular complexity index is 587. The van der Waals surface area contributed by atoms with Crippen LogP contribution in [0.2, 0.25) is 0 Å². The number of nitrogens with zero attached hydrogens (tertiary/aromatic N) is 2. The fourth-order valence-electron chi connectivity index (χ4n) is 2.07. The monoisotopic (exact) mass is 287 g/mol. The van der Waals surface area contributed by atoms with E-state index in [1.165, 1.54) is 25.1 Å². The van der Waals surface area contributed by atoms with Crippen LogP contribution in [-0.2, 0) is 13.0 Å². The Morgan fingerprint density at radius 3 is 2.95 bits per heavy atom. The molecule has 0 bridgehead atoms. The summed E-state index contributed by atoms with van der Waals surface area (Å²) in [5.41, 5.74) is 1.74. The lowest BCUT2D eigenvalue weighted by Gasteiger charge is -2.11. The Morgan fingerprint density at radius 1 is 1.29 bits per heavy atom. The normalized spacial score (nSPS) is 14.1. The molecule has 0 atom stereocenters. The molecule has 2 heterocycles. The van der Waals surface area contributed by atoms with Crippen LogP contribution in [0.3, 0.4) is 0 Å². The third-order valence-corrected chi connectivity index (χ3v) is 3.37. The SMILES string of the molecule is Fc1cnc(OCCc2ccccn2)c(CNC2CC2)c1. The van der Waals surface area contributed by atoms with E-state index in [1.807, 2.05) is 18.2 Å². The number of hydrogen-bond donors (Lipinski definition) is 1. The highest BCUT2D eigenvalue weighted by molar-refractivity contribution is 5.26.